The summed E-state index contributed by atoms with van der Waals surface area (Å²) in [7, 11) is 1.64. The molecule has 6 heteroatoms. The molecule has 0 radical (unpaired) electrons. The first-order chi connectivity index (χ1) is 11.2. The van der Waals surface area contributed by atoms with Crippen LogP contribution in [0.1, 0.15) is 13.8 Å². The fraction of sp³-hybridized carbons (Fsp3) is 0.412. The molecule has 0 saturated carbocycles. The molecule has 23 heavy (non-hydrogen) atoms. The Labute approximate surface area is 137 Å². The summed E-state index contributed by atoms with van der Waals surface area (Å²) in [5, 5.41) is 6.43. The zero-order valence-electron chi connectivity index (χ0n) is 13.9. The molecule has 0 spiro atoms. The molecule has 0 aliphatic heterocycles. The van der Waals surface area contributed by atoms with Crippen molar-refractivity contribution in [1.82, 2.24) is 9.97 Å². The molecule has 6 nitrogen and oxygen atoms in total. The van der Waals surface area contributed by atoms with Crippen LogP contribution in [0.3, 0.4) is 0 Å². The monoisotopic (exact) mass is 316 g/mol. The fourth-order valence-electron chi connectivity index (χ4n) is 1.86. The predicted molar refractivity (Wildman–Crippen MR) is 92.3 cm³/mol. The van der Waals surface area contributed by atoms with Gasteiger partial charge in [-0.15, -0.1) is 0 Å². The maximum absolute atomic E-state index is 5.66. The van der Waals surface area contributed by atoms with Crippen molar-refractivity contribution in [2.45, 2.75) is 13.8 Å². The Kier molecular flexibility index (Phi) is 6.47. The summed E-state index contributed by atoms with van der Waals surface area (Å²) in [5.74, 6) is 3.60. The van der Waals surface area contributed by atoms with Crippen molar-refractivity contribution in [1.29, 1.82) is 0 Å². The van der Waals surface area contributed by atoms with Gasteiger partial charge in [0.05, 0.1) is 13.7 Å². The molecule has 2 rings (SSSR count). The van der Waals surface area contributed by atoms with E-state index in [2.05, 4.69) is 34.4 Å². The highest BCUT2D eigenvalue weighted by atomic mass is 16.5. The molecule has 2 N–H and O–H groups in total. The van der Waals surface area contributed by atoms with Crippen LogP contribution in [0.2, 0.25) is 0 Å². The Bertz CT molecular complexity index is 587. The van der Waals surface area contributed by atoms with Crippen molar-refractivity contribution in [3.05, 3.63) is 36.5 Å². The van der Waals surface area contributed by atoms with Crippen LogP contribution in [0.5, 0.6) is 11.5 Å². The highest BCUT2D eigenvalue weighted by Gasteiger charge is 2.00. The van der Waals surface area contributed by atoms with Crippen LogP contribution in [0.25, 0.3) is 0 Å². The van der Waals surface area contributed by atoms with E-state index in [1.807, 2.05) is 30.3 Å². The molecule has 0 amide bonds. The second-order valence-electron chi connectivity index (χ2n) is 5.49. The molecule has 0 bridgehead atoms. The molecular weight excluding hydrogens is 292 g/mol. The molecule has 1 aromatic heterocycles. The lowest BCUT2D eigenvalue weighted by Gasteiger charge is -2.10. The van der Waals surface area contributed by atoms with E-state index in [0.29, 0.717) is 25.0 Å². The Morgan fingerprint density at radius 3 is 2.48 bits per heavy atom. The highest BCUT2D eigenvalue weighted by Crippen LogP contribution is 2.16. The maximum atomic E-state index is 5.66. The van der Waals surface area contributed by atoms with Crippen LogP contribution in [-0.4, -0.2) is 36.8 Å². The number of methoxy groups -OCH3 is 1. The average molecular weight is 316 g/mol. The predicted octanol–water partition coefficient (Wildman–Crippen LogP) is 3.04. The number of hydrogen-bond donors (Lipinski definition) is 2. The number of anilines is 2. The summed E-state index contributed by atoms with van der Waals surface area (Å²) in [6.45, 7) is 6.35. The van der Waals surface area contributed by atoms with Gasteiger partial charge in [-0.1, -0.05) is 13.8 Å². The number of benzene rings is 1. The molecule has 0 aliphatic rings. The molecule has 1 heterocycles. The Balaban J connectivity index is 1.74. The summed E-state index contributed by atoms with van der Waals surface area (Å²) in [4.78, 5) is 8.60. The average Bonchev–Trinajstić information content (AvgIpc) is 2.58. The first-order valence-corrected chi connectivity index (χ1v) is 7.75. The third-order valence-electron chi connectivity index (χ3n) is 3.06. The zero-order chi connectivity index (χ0) is 16.5. The van der Waals surface area contributed by atoms with Crippen molar-refractivity contribution in [2.24, 2.45) is 5.92 Å². The van der Waals surface area contributed by atoms with Crippen molar-refractivity contribution < 1.29 is 9.47 Å². The van der Waals surface area contributed by atoms with Gasteiger partial charge in [-0.3, -0.25) is 0 Å². The second-order valence-corrected chi connectivity index (χ2v) is 5.49. The van der Waals surface area contributed by atoms with E-state index in [0.717, 1.165) is 23.9 Å². The summed E-state index contributed by atoms with van der Waals surface area (Å²) >= 11 is 0. The van der Waals surface area contributed by atoms with E-state index in [4.69, 9.17) is 9.47 Å². The minimum Gasteiger partial charge on any atom is -0.497 e. The van der Waals surface area contributed by atoms with Gasteiger partial charge in [0, 0.05) is 12.7 Å². The quantitative estimate of drug-likeness (QED) is 0.693. The third-order valence-corrected chi connectivity index (χ3v) is 3.06. The molecule has 0 fully saturated rings. The smallest absolute Gasteiger partial charge is 0.224 e. The molecule has 124 valence electrons. The van der Waals surface area contributed by atoms with Crippen molar-refractivity contribution in [3.8, 4) is 11.5 Å². The normalized spacial score (nSPS) is 10.4. The fourth-order valence-corrected chi connectivity index (χ4v) is 1.86. The number of aromatic nitrogens is 2. The highest BCUT2D eigenvalue weighted by molar-refractivity contribution is 5.39. The SMILES string of the molecule is COc1ccc(OCCNc2ccnc(NCC(C)C)n2)cc1. The Morgan fingerprint density at radius 1 is 1.04 bits per heavy atom. The van der Waals surface area contributed by atoms with E-state index < -0.39 is 0 Å². The van der Waals surface area contributed by atoms with Gasteiger partial charge >= 0.3 is 0 Å². The number of ether oxygens (including phenoxy) is 2. The van der Waals surface area contributed by atoms with E-state index >= 15 is 0 Å². The van der Waals surface area contributed by atoms with Crippen molar-refractivity contribution >= 4 is 11.8 Å². The Hall–Kier alpha value is -2.50. The topological polar surface area (TPSA) is 68.3 Å². The molecule has 0 unspecified atom stereocenters. The van der Waals surface area contributed by atoms with Crippen LogP contribution in [0, 0.1) is 5.92 Å². The molecule has 0 aliphatic carbocycles. The first kappa shape index (κ1) is 16.9. The van der Waals surface area contributed by atoms with Crippen molar-refractivity contribution in [2.75, 3.05) is 37.4 Å². The van der Waals surface area contributed by atoms with Gasteiger partial charge < -0.3 is 20.1 Å². The van der Waals surface area contributed by atoms with Gasteiger partial charge in [0.15, 0.2) is 0 Å². The van der Waals surface area contributed by atoms with Gasteiger partial charge in [-0.25, -0.2) is 4.98 Å². The number of rotatable bonds is 9. The van der Waals surface area contributed by atoms with E-state index in [1.165, 1.54) is 0 Å². The lowest BCUT2D eigenvalue weighted by Crippen LogP contribution is -2.14. The van der Waals surface area contributed by atoms with Crippen LogP contribution in [0.15, 0.2) is 36.5 Å². The van der Waals surface area contributed by atoms with Gasteiger partial charge in [0.2, 0.25) is 5.95 Å². The first-order valence-electron chi connectivity index (χ1n) is 7.75. The molecule has 0 saturated heterocycles. The van der Waals surface area contributed by atoms with Crippen LogP contribution in [0.4, 0.5) is 11.8 Å². The number of hydrogen-bond acceptors (Lipinski definition) is 6. The summed E-state index contributed by atoms with van der Waals surface area (Å²) in [5.41, 5.74) is 0. The van der Waals surface area contributed by atoms with Crippen molar-refractivity contribution in [3.63, 3.8) is 0 Å². The lowest BCUT2D eigenvalue weighted by atomic mass is 10.2. The molecular formula is C17H24N4O2. The maximum Gasteiger partial charge on any atom is 0.224 e. The number of nitrogens with one attached hydrogen (secondary N) is 2. The standard InChI is InChI=1S/C17H24N4O2/c1-13(2)12-20-17-19-9-8-16(21-17)18-10-11-23-15-6-4-14(22-3)5-7-15/h4-9,13H,10-12H2,1-3H3,(H2,18,19,20,21). The largest absolute Gasteiger partial charge is 0.497 e. The summed E-state index contributed by atoms with van der Waals surface area (Å²) < 4.78 is 10.8. The van der Waals surface area contributed by atoms with Gasteiger partial charge in [0.25, 0.3) is 0 Å². The third kappa shape index (κ3) is 6.02. The number of nitrogens with zero attached hydrogens (tertiary/aromatic N) is 2. The summed E-state index contributed by atoms with van der Waals surface area (Å²) in [6.07, 6.45) is 1.74. The van der Waals surface area contributed by atoms with Crippen LogP contribution < -0.4 is 20.1 Å². The van der Waals surface area contributed by atoms with Gasteiger partial charge in [-0.2, -0.15) is 4.98 Å². The minimum atomic E-state index is 0.547. The second kappa shape index (κ2) is 8.82. The molecule has 0 atom stereocenters. The van der Waals surface area contributed by atoms with E-state index in [9.17, 15) is 0 Å². The van der Waals surface area contributed by atoms with Crippen LogP contribution >= 0.6 is 0 Å². The van der Waals surface area contributed by atoms with E-state index in [-0.39, 0.29) is 0 Å². The van der Waals surface area contributed by atoms with E-state index in [1.54, 1.807) is 13.3 Å². The minimum absolute atomic E-state index is 0.547. The zero-order valence-corrected chi connectivity index (χ0v) is 13.9. The molecule has 2 aromatic rings. The van der Waals surface area contributed by atoms with Crippen LogP contribution in [-0.2, 0) is 0 Å². The summed E-state index contributed by atoms with van der Waals surface area (Å²) in [6, 6.07) is 9.36. The molecule has 1 aromatic carbocycles. The van der Waals surface area contributed by atoms with Gasteiger partial charge in [0.1, 0.15) is 23.9 Å². The Morgan fingerprint density at radius 2 is 1.78 bits per heavy atom. The van der Waals surface area contributed by atoms with Gasteiger partial charge in [-0.05, 0) is 36.2 Å². The lowest BCUT2D eigenvalue weighted by molar-refractivity contribution is 0.331.